The third kappa shape index (κ3) is 3.33. The number of hydrogen-bond acceptors (Lipinski definition) is 6. The molecule has 0 aliphatic heterocycles. The van der Waals surface area contributed by atoms with Crippen LogP contribution in [0.5, 0.6) is 0 Å². The monoisotopic (exact) mass is 257 g/mol. The van der Waals surface area contributed by atoms with Crippen LogP contribution in [0.25, 0.3) is 0 Å². The van der Waals surface area contributed by atoms with Gasteiger partial charge in [0.15, 0.2) is 15.8 Å². The summed E-state index contributed by atoms with van der Waals surface area (Å²) in [5, 5.41) is 0.774. The third-order valence-corrected chi connectivity index (χ3v) is 3.41. The van der Waals surface area contributed by atoms with E-state index >= 15 is 0 Å². The van der Waals surface area contributed by atoms with E-state index in [1.807, 2.05) is 20.8 Å². The van der Waals surface area contributed by atoms with E-state index in [1.54, 1.807) is 0 Å². The summed E-state index contributed by atoms with van der Waals surface area (Å²) in [6.07, 6.45) is 0.799. The van der Waals surface area contributed by atoms with Gasteiger partial charge in [-0.1, -0.05) is 18.3 Å². The molecule has 6 heteroatoms. The molecule has 0 radical (unpaired) electrons. The quantitative estimate of drug-likeness (QED) is 0.791. The van der Waals surface area contributed by atoms with Gasteiger partial charge in [0, 0.05) is 13.1 Å². The van der Waals surface area contributed by atoms with Crippen LogP contribution in [0.4, 0.5) is 10.9 Å². The molecule has 1 aromatic rings. The zero-order chi connectivity index (χ0) is 12.8. The van der Waals surface area contributed by atoms with Gasteiger partial charge in [-0.15, -0.1) is 0 Å². The Hall–Kier alpha value is -1.30. The fourth-order valence-corrected chi connectivity index (χ4v) is 2.36. The molecule has 0 aliphatic rings. The predicted molar refractivity (Wildman–Crippen MR) is 70.7 cm³/mol. The van der Waals surface area contributed by atoms with Crippen LogP contribution in [0.3, 0.4) is 0 Å². The van der Waals surface area contributed by atoms with Gasteiger partial charge in [-0.2, -0.15) is 0 Å². The summed E-state index contributed by atoms with van der Waals surface area (Å²) < 4.78 is 5.05. The number of rotatable bonds is 6. The topological polar surface area (TPSA) is 68.5 Å². The molecule has 1 heterocycles. The maximum Gasteiger partial charge on any atom is 0.352 e. The van der Waals surface area contributed by atoms with Crippen molar-refractivity contribution >= 4 is 28.3 Å². The normalized spacial score (nSPS) is 10.3. The highest BCUT2D eigenvalue weighted by molar-refractivity contribution is 7.18. The predicted octanol–water partition coefficient (Wildman–Crippen LogP) is 2.14. The van der Waals surface area contributed by atoms with Gasteiger partial charge in [-0.3, -0.25) is 0 Å². The Morgan fingerprint density at radius 3 is 2.59 bits per heavy atom. The van der Waals surface area contributed by atoms with Crippen LogP contribution in [-0.4, -0.2) is 30.6 Å². The molecule has 0 saturated heterocycles. The molecule has 1 rings (SSSR count). The molecule has 17 heavy (non-hydrogen) atoms. The average Bonchev–Trinajstić information content (AvgIpc) is 2.70. The first-order valence-electron chi connectivity index (χ1n) is 5.82. The lowest BCUT2D eigenvalue weighted by atomic mass is 10.5. The largest absolute Gasteiger partial charge is 0.461 e. The van der Waals surface area contributed by atoms with Gasteiger partial charge in [0.25, 0.3) is 0 Å². The van der Waals surface area contributed by atoms with E-state index in [0.717, 1.165) is 24.6 Å². The lowest BCUT2D eigenvalue weighted by molar-refractivity contribution is 0.0512. The van der Waals surface area contributed by atoms with E-state index in [2.05, 4.69) is 9.88 Å². The minimum absolute atomic E-state index is 0.262. The molecule has 0 aromatic carbocycles. The minimum Gasteiger partial charge on any atom is -0.461 e. The number of aromatic nitrogens is 1. The molecule has 0 amide bonds. The number of nitrogens with zero attached hydrogens (tertiary/aromatic N) is 2. The molecule has 0 unspecified atom stereocenters. The number of esters is 1. The summed E-state index contributed by atoms with van der Waals surface area (Å²) in [6.45, 7) is 8.12. The van der Waals surface area contributed by atoms with Gasteiger partial charge in [-0.05, 0) is 20.3 Å². The van der Waals surface area contributed by atoms with Gasteiger partial charge in [0.05, 0.1) is 6.61 Å². The number of ether oxygens (including phenoxy) is 1. The van der Waals surface area contributed by atoms with Gasteiger partial charge >= 0.3 is 5.97 Å². The van der Waals surface area contributed by atoms with Crippen molar-refractivity contribution in [3.05, 3.63) is 4.88 Å². The molecule has 2 N–H and O–H groups in total. The van der Waals surface area contributed by atoms with E-state index in [0.29, 0.717) is 11.5 Å². The first-order valence-corrected chi connectivity index (χ1v) is 6.63. The highest BCUT2D eigenvalue weighted by Gasteiger charge is 2.19. The Morgan fingerprint density at radius 2 is 2.06 bits per heavy atom. The Bertz CT molecular complexity index is 375. The Labute approximate surface area is 106 Å². The molecule has 0 saturated carbocycles. The zero-order valence-electron chi connectivity index (χ0n) is 10.5. The SMILES string of the molecule is CCCOC(=O)c1sc(N(CC)CC)nc1N. The van der Waals surface area contributed by atoms with Crippen LogP contribution < -0.4 is 10.6 Å². The standard InChI is InChI=1S/C11H19N3O2S/c1-4-7-16-10(15)8-9(12)13-11(17-8)14(5-2)6-3/h4-7,12H2,1-3H3. The van der Waals surface area contributed by atoms with Crippen LogP contribution in [0, 0.1) is 0 Å². The van der Waals surface area contributed by atoms with Crippen LogP contribution in [0.1, 0.15) is 36.9 Å². The fourth-order valence-electron chi connectivity index (χ4n) is 1.36. The van der Waals surface area contributed by atoms with E-state index in [1.165, 1.54) is 11.3 Å². The second kappa shape index (κ2) is 6.44. The number of thiazole rings is 1. The number of anilines is 2. The van der Waals surface area contributed by atoms with Crippen molar-refractivity contribution in [2.75, 3.05) is 30.3 Å². The highest BCUT2D eigenvalue weighted by Crippen LogP contribution is 2.28. The molecular weight excluding hydrogens is 238 g/mol. The minimum atomic E-state index is -0.375. The summed E-state index contributed by atoms with van der Waals surface area (Å²) >= 11 is 1.29. The summed E-state index contributed by atoms with van der Waals surface area (Å²) in [4.78, 5) is 18.3. The van der Waals surface area contributed by atoms with Gasteiger partial charge in [0.2, 0.25) is 0 Å². The second-order valence-electron chi connectivity index (χ2n) is 3.52. The van der Waals surface area contributed by atoms with Gasteiger partial charge < -0.3 is 15.4 Å². The first-order chi connectivity index (χ1) is 8.13. The van der Waals surface area contributed by atoms with Gasteiger partial charge in [-0.25, -0.2) is 9.78 Å². The summed E-state index contributed by atoms with van der Waals surface area (Å²) in [5.41, 5.74) is 5.73. The Balaban J connectivity index is 2.84. The molecule has 0 aliphatic carbocycles. The summed E-state index contributed by atoms with van der Waals surface area (Å²) in [7, 11) is 0. The molecule has 0 bridgehead atoms. The number of carbonyl (C=O) groups excluding carboxylic acids is 1. The molecule has 0 spiro atoms. The number of nitrogen functional groups attached to an aromatic ring is 1. The number of hydrogen-bond donors (Lipinski definition) is 1. The number of nitrogens with two attached hydrogens (primary N) is 1. The van der Waals surface area contributed by atoms with Crippen molar-refractivity contribution in [2.24, 2.45) is 0 Å². The smallest absolute Gasteiger partial charge is 0.352 e. The van der Waals surface area contributed by atoms with Crippen LogP contribution in [0.15, 0.2) is 0 Å². The van der Waals surface area contributed by atoms with Crippen molar-refractivity contribution in [1.29, 1.82) is 0 Å². The summed E-state index contributed by atoms with van der Waals surface area (Å²) in [5.74, 6) is -0.113. The maximum absolute atomic E-state index is 11.7. The number of carbonyl (C=O) groups is 1. The molecule has 96 valence electrons. The molecule has 0 atom stereocenters. The van der Waals surface area contributed by atoms with Crippen molar-refractivity contribution in [1.82, 2.24) is 4.98 Å². The van der Waals surface area contributed by atoms with E-state index < -0.39 is 0 Å². The van der Waals surface area contributed by atoms with Crippen LogP contribution in [0.2, 0.25) is 0 Å². The summed E-state index contributed by atoms with van der Waals surface area (Å²) in [6, 6.07) is 0. The van der Waals surface area contributed by atoms with Gasteiger partial charge in [0.1, 0.15) is 0 Å². The molecule has 5 nitrogen and oxygen atoms in total. The van der Waals surface area contributed by atoms with E-state index in [4.69, 9.17) is 10.5 Å². The highest BCUT2D eigenvalue weighted by atomic mass is 32.1. The fraction of sp³-hybridized carbons (Fsp3) is 0.636. The average molecular weight is 257 g/mol. The first kappa shape index (κ1) is 13.8. The lowest BCUT2D eigenvalue weighted by Gasteiger charge is -2.16. The van der Waals surface area contributed by atoms with Crippen molar-refractivity contribution in [2.45, 2.75) is 27.2 Å². The third-order valence-electron chi connectivity index (χ3n) is 2.30. The molecule has 0 fully saturated rings. The Morgan fingerprint density at radius 1 is 1.41 bits per heavy atom. The Kier molecular flexibility index (Phi) is 5.21. The van der Waals surface area contributed by atoms with Crippen LogP contribution >= 0.6 is 11.3 Å². The molecule has 1 aromatic heterocycles. The van der Waals surface area contributed by atoms with E-state index in [9.17, 15) is 4.79 Å². The van der Waals surface area contributed by atoms with E-state index in [-0.39, 0.29) is 11.8 Å². The van der Waals surface area contributed by atoms with Crippen molar-refractivity contribution in [3.63, 3.8) is 0 Å². The molecular formula is C11H19N3O2S. The van der Waals surface area contributed by atoms with Crippen molar-refractivity contribution in [3.8, 4) is 0 Å². The lowest BCUT2D eigenvalue weighted by Crippen LogP contribution is -2.21. The second-order valence-corrected chi connectivity index (χ2v) is 4.50. The maximum atomic E-state index is 11.7. The zero-order valence-corrected chi connectivity index (χ0v) is 11.3. The van der Waals surface area contributed by atoms with Crippen LogP contribution in [-0.2, 0) is 4.74 Å². The van der Waals surface area contributed by atoms with Crippen molar-refractivity contribution < 1.29 is 9.53 Å².